The summed E-state index contributed by atoms with van der Waals surface area (Å²) >= 11 is 0. The number of carbonyl (C=O) groups is 1. The van der Waals surface area contributed by atoms with Crippen LogP contribution in [0.3, 0.4) is 0 Å². The van der Waals surface area contributed by atoms with E-state index in [0.29, 0.717) is 34.1 Å². The van der Waals surface area contributed by atoms with Crippen LogP contribution in [0.1, 0.15) is 15.9 Å². The summed E-state index contributed by atoms with van der Waals surface area (Å²) in [5.41, 5.74) is 0.0175. The minimum absolute atomic E-state index is 0.0666. The number of methoxy groups -OCH3 is 1. The molecule has 0 saturated heterocycles. The Labute approximate surface area is 215 Å². The SMILES string of the molecule is COc1ccc(-c2cnc3[nH]cc(C(=O)c4c(F)ccc(NS(=O)c5cc(F)ccc5F)c4F)c3c2)cn1. The highest BCUT2D eigenvalue weighted by molar-refractivity contribution is 7.86. The van der Waals surface area contributed by atoms with E-state index in [-0.39, 0.29) is 5.56 Å². The number of pyridine rings is 2. The van der Waals surface area contributed by atoms with Crippen molar-refractivity contribution in [1.29, 1.82) is 0 Å². The summed E-state index contributed by atoms with van der Waals surface area (Å²) in [5, 5.41) is 0.297. The second-order valence-electron chi connectivity index (χ2n) is 7.97. The minimum Gasteiger partial charge on any atom is -0.481 e. The monoisotopic (exact) mass is 540 g/mol. The standard InChI is InChI=1S/C26H16F4N4O3S/c1-37-22-7-2-13(10-31-22)14-8-16-17(12-33-26(16)32-11-14)25(35)23-19(29)5-6-20(24(23)30)34-38(36)21-9-15(27)3-4-18(21)28/h2-12,34H,1H3,(H,32,33). The maximum atomic E-state index is 15.4. The largest absolute Gasteiger partial charge is 0.481 e. The number of benzene rings is 2. The van der Waals surface area contributed by atoms with E-state index in [2.05, 4.69) is 19.7 Å². The number of aromatic amines is 1. The van der Waals surface area contributed by atoms with Gasteiger partial charge in [0.1, 0.15) is 23.1 Å². The first-order chi connectivity index (χ1) is 18.3. The average Bonchev–Trinajstić information content (AvgIpc) is 3.35. The fraction of sp³-hybridized carbons (Fsp3) is 0.0385. The number of fused-ring (bicyclic) bond motifs is 1. The number of H-pyrrole nitrogens is 1. The number of anilines is 1. The molecule has 1 unspecified atom stereocenters. The van der Waals surface area contributed by atoms with Gasteiger partial charge in [-0.3, -0.25) is 9.52 Å². The van der Waals surface area contributed by atoms with E-state index >= 15 is 4.39 Å². The van der Waals surface area contributed by atoms with Crippen LogP contribution in [0.25, 0.3) is 22.2 Å². The Kier molecular flexibility index (Phi) is 6.64. The molecule has 3 heterocycles. The number of hydrogen-bond donors (Lipinski definition) is 2. The zero-order valence-corrected chi connectivity index (χ0v) is 20.2. The van der Waals surface area contributed by atoms with Crippen molar-refractivity contribution in [2.75, 3.05) is 11.8 Å². The third kappa shape index (κ3) is 4.61. The Morgan fingerprint density at radius 1 is 0.947 bits per heavy atom. The number of nitrogens with zero attached hydrogens (tertiary/aromatic N) is 2. The van der Waals surface area contributed by atoms with Crippen LogP contribution >= 0.6 is 0 Å². The van der Waals surface area contributed by atoms with E-state index in [1.165, 1.54) is 13.3 Å². The number of carbonyl (C=O) groups excluding carboxylic acids is 1. The van der Waals surface area contributed by atoms with E-state index in [1.54, 1.807) is 30.6 Å². The molecule has 12 heteroatoms. The molecule has 0 radical (unpaired) electrons. The lowest BCUT2D eigenvalue weighted by atomic mass is 10.00. The predicted molar refractivity (Wildman–Crippen MR) is 132 cm³/mol. The van der Waals surface area contributed by atoms with Gasteiger partial charge in [0.2, 0.25) is 11.7 Å². The minimum atomic E-state index is -2.45. The van der Waals surface area contributed by atoms with Gasteiger partial charge in [-0.15, -0.1) is 0 Å². The molecule has 0 spiro atoms. The second-order valence-corrected chi connectivity index (χ2v) is 9.15. The first-order valence-electron chi connectivity index (χ1n) is 10.9. The Bertz CT molecular complexity index is 1720. The lowest BCUT2D eigenvalue weighted by molar-refractivity contribution is 0.103. The van der Waals surface area contributed by atoms with E-state index in [4.69, 9.17) is 4.74 Å². The molecule has 5 aromatic rings. The Morgan fingerprint density at radius 2 is 1.71 bits per heavy atom. The van der Waals surface area contributed by atoms with Crippen LogP contribution in [0, 0.1) is 23.3 Å². The van der Waals surface area contributed by atoms with E-state index in [0.717, 1.165) is 24.3 Å². The van der Waals surface area contributed by atoms with E-state index < -0.39 is 56.2 Å². The summed E-state index contributed by atoms with van der Waals surface area (Å²) in [4.78, 5) is 24.0. The molecule has 0 bridgehead atoms. The Balaban J connectivity index is 1.51. The lowest BCUT2D eigenvalue weighted by Gasteiger charge is -2.11. The van der Waals surface area contributed by atoms with Gasteiger partial charge in [-0.05, 0) is 42.5 Å². The van der Waals surface area contributed by atoms with Crippen molar-refractivity contribution in [2.24, 2.45) is 0 Å². The smallest absolute Gasteiger partial charge is 0.212 e. The molecule has 0 amide bonds. The quantitative estimate of drug-likeness (QED) is 0.208. The second kappa shape index (κ2) is 10.1. The molecule has 0 fully saturated rings. The highest BCUT2D eigenvalue weighted by atomic mass is 32.2. The summed E-state index contributed by atoms with van der Waals surface area (Å²) < 4.78 is 77.4. The normalized spacial score (nSPS) is 11.9. The molecule has 2 aromatic carbocycles. The van der Waals surface area contributed by atoms with Gasteiger partial charge in [0.15, 0.2) is 16.8 Å². The summed E-state index contributed by atoms with van der Waals surface area (Å²) in [6.07, 6.45) is 4.37. The molecule has 0 aliphatic carbocycles. The van der Waals surface area contributed by atoms with Crippen molar-refractivity contribution < 1.29 is 31.3 Å². The number of halogens is 4. The van der Waals surface area contributed by atoms with Crippen molar-refractivity contribution in [1.82, 2.24) is 15.0 Å². The van der Waals surface area contributed by atoms with Gasteiger partial charge < -0.3 is 9.72 Å². The molecule has 0 saturated carbocycles. The van der Waals surface area contributed by atoms with Crippen molar-refractivity contribution in [3.8, 4) is 17.0 Å². The molecule has 1 atom stereocenters. The van der Waals surface area contributed by atoms with Gasteiger partial charge >= 0.3 is 0 Å². The Morgan fingerprint density at radius 3 is 2.45 bits per heavy atom. The average molecular weight is 540 g/mol. The molecule has 5 rings (SSSR count). The molecule has 38 heavy (non-hydrogen) atoms. The van der Waals surface area contributed by atoms with Crippen LogP contribution in [-0.2, 0) is 11.0 Å². The lowest BCUT2D eigenvalue weighted by Crippen LogP contribution is -2.13. The number of ketones is 1. The van der Waals surface area contributed by atoms with Crippen LogP contribution in [0.15, 0.2) is 72.0 Å². The summed E-state index contributed by atoms with van der Waals surface area (Å²) in [6, 6.07) is 8.99. The zero-order chi connectivity index (χ0) is 27.0. The molecule has 192 valence electrons. The number of nitrogens with one attached hydrogen (secondary N) is 2. The Hall–Kier alpha value is -4.58. The summed E-state index contributed by atoms with van der Waals surface area (Å²) in [6.45, 7) is 0. The first-order valence-corrected chi connectivity index (χ1v) is 12.1. The van der Waals surface area contributed by atoms with Crippen LogP contribution in [-0.4, -0.2) is 32.1 Å². The molecule has 2 N–H and O–H groups in total. The van der Waals surface area contributed by atoms with E-state index in [9.17, 15) is 22.2 Å². The predicted octanol–water partition coefficient (Wildman–Crippen LogP) is 5.56. The van der Waals surface area contributed by atoms with Gasteiger partial charge in [-0.2, -0.15) is 0 Å². The number of rotatable bonds is 7. The maximum absolute atomic E-state index is 15.4. The molecule has 0 aliphatic heterocycles. The van der Waals surface area contributed by atoms with Crippen LogP contribution in [0.2, 0.25) is 0 Å². The van der Waals surface area contributed by atoms with Crippen LogP contribution in [0.5, 0.6) is 5.88 Å². The van der Waals surface area contributed by atoms with E-state index in [1.807, 2.05) is 0 Å². The van der Waals surface area contributed by atoms with Gasteiger partial charge in [-0.1, -0.05) is 0 Å². The number of hydrogen-bond acceptors (Lipinski definition) is 5. The van der Waals surface area contributed by atoms with Gasteiger partial charge in [-0.25, -0.2) is 31.7 Å². The summed E-state index contributed by atoms with van der Waals surface area (Å²) in [5.74, 6) is -4.98. The van der Waals surface area contributed by atoms with Crippen LogP contribution in [0.4, 0.5) is 23.2 Å². The zero-order valence-electron chi connectivity index (χ0n) is 19.4. The molecular formula is C26H16F4N4O3S. The fourth-order valence-electron chi connectivity index (χ4n) is 3.77. The summed E-state index contributed by atoms with van der Waals surface area (Å²) in [7, 11) is -0.971. The van der Waals surface area contributed by atoms with Gasteiger partial charge in [0, 0.05) is 46.7 Å². The maximum Gasteiger partial charge on any atom is 0.212 e. The van der Waals surface area contributed by atoms with Crippen molar-refractivity contribution in [3.05, 3.63) is 102 Å². The fourth-order valence-corrected chi connectivity index (χ4v) is 4.70. The highest BCUT2D eigenvalue weighted by Crippen LogP contribution is 2.30. The van der Waals surface area contributed by atoms with Crippen LogP contribution < -0.4 is 9.46 Å². The molecule has 0 aliphatic rings. The number of aromatic nitrogens is 3. The first kappa shape index (κ1) is 25.1. The highest BCUT2D eigenvalue weighted by Gasteiger charge is 2.25. The van der Waals surface area contributed by atoms with Gasteiger partial charge in [0.05, 0.1) is 23.3 Å². The topological polar surface area (TPSA) is 97.0 Å². The third-order valence-electron chi connectivity index (χ3n) is 5.67. The van der Waals surface area contributed by atoms with Crippen molar-refractivity contribution in [2.45, 2.75) is 4.90 Å². The van der Waals surface area contributed by atoms with Crippen molar-refractivity contribution >= 4 is 33.5 Å². The van der Waals surface area contributed by atoms with Crippen molar-refractivity contribution in [3.63, 3.8) is 0 Å². The van der Waals surface area contributed by atoms with Gasteiger partial charge in [0.25, 0.3) is 0 Å². The number of ether oxygens (including phenoxy) is 1. The third-order valence-corrected chi connectivity index (χ3v) is 6.79. The molecular weight excluding hydrogens is 524 g/mol. The molecule has 3 aromatic heterocycles. The molecule has 7 nitrogen and oxygen atoms in total.